The minimum absolute atomic E-state index is 0.0376. The van der Waals surface area contributed by atoms with E-state index in [1.54, 1.807) is 6.07 Å². The second-order valence-corrected chi connectivity index (χ2v) is 4.47. The van der Waals surface area contributed by atoms with Gasteiger partial charge in [-0.15, -0.1) is 0 Å². The minimum atomic E-state index is 0.0376. The van der Waals surface area contributed by atoms with Gasteiger partial charge in [0.15, 0.2) is 0 Å². The topological polar surface area (TPSA) is 59.2 Å². The molecular weight excluding hydrogens is 226 g/mol. The fourth-order valence-corrected chi connectivity index (χ4v) is 1.96. The number of amides is 1. The van der Waals surface area contributed by atoms with Crippen molar-refractivity contribution >= 4 is 11.7 Å². The highest BCUT2D eigenvalue weighted by Gasteiger charge is 2.19. The van der Waals surface area contributed by atoms with Crippen LogP contribution in [0.1, 0.15) is 50.2 Å². The molecule has 1 rings (SSSR count). The summed E-state index contributed by atoms with van der Waals surface area (Å²) in [5, 5.41) is 0. The zero-order valence-corrected chi connectivity index (χ0v) is 11.7. The van der Waals surface area contributed by atoms with E-state index in [4.69, 9.17) is 5.73 Å². The molecule has 100 valence electrons. The first-order valence-corrected chi connectivity index (χ1v) is 6.60. The molecule has 0 fully saturated rings. The van der Waals surface area contributed by atoms with Crippen molar-refractivity contribution in [2.24, 2.45) is 0 Å². The van der Waals surface area contributed by atoms with Crippen molar-refractivity contribution in [1.29, 1.82) is 0 Å². The standard InChI is InChI=1S/C14H23N3O/c1-5-10(4)17(7-3)14(18)11-8-12(6-2)16-13(15)9-11/h8-10H,5-7H2,1-4H3,(H2,15,16). The van der Waals surface area contributed by atoms with Gasteiger partial charge in [0, 0.05) is 23.8 Å². The molecule has 0 saturated heterocycles. The average molecular weight is 249 g/mol. The van der Waals surface area contributed by atoms with Crippen LogP contribution in [0.3, 0.4) is 0 Å². The van der Waals surface area contributed by atoms with Crippen molar-refractivity contribution in [2.75, 3.05) is 12.3 Å². The molecule has 1 unspecified atom stereocenters. The molecule has 0 bridgehead atoms. The third kappa shape index (κ3) is 3.22. The van der Waals surface area contributed by atoms with Crippen molar-refractivity contribution in [3.05, 3.63) is 23.4 Å². The lowest BCUT2D eigenvalue weighted by molar-refractivity contribution is 0.0700. The third-order valence-corrected chi connectivity index (χ3v) is 3.23. The number of aryl methyl sites for hydroxylation is 1. The first-order valence-electron chi connectivity index (χ1n) is 6.60. The van der Waals surface area contributed by atoms with Gasteiger partial charge in [-0.2, -0.15) is 0 Å². The molecule has 4 nitrogen and oxygen atoms in total. The van der Waals surface area contributed by atoms with Gasteiger partial charge in [0.2, 0.25) is 0 Å². The van der Waals surface area contributed by atoms with Crippen molar-refractivity contribution in [3.63, 3.8) is 0 Å². The molecule has 0 aliphatic carbocycles. The van der Waals surface area contributed by atoms with E-state index in [2.05, 4.69) is 18.8 Å². The molecule has 18 heavy (non-hydrogen) atoms. The van der Waals surface area contributed by atoms with Crippen molar-refractivity contribution < 1.29 is 4.79 Å². The van der Waals surface area contributed by atoms with Gasteiger partial charge in [-0.25, -0.2) is 4.98 Å². The van der Waals surface area contributed by atoms with E-state index in [1.165, 1.54) is 0 Å². The number of aromatic nitrogens is 1. The summed E-state index contributed by atoms with van der Waals surface area (Å²) in [7, 11) is 0. The number of nitrogen functional groups attached to an aromatic ring is 1. The highest BCUT2D eigenvalue weighted by atomic mass is 16.2. The van der Waals surface area contributed by atoms with Crippen LogP contribution >= 0.6 is 0 Å². The Balaban J connectivity index is 3.05. The van der Waals surface area contributed by atoms with Crippen LogP contribution in [0.5, 0.6) is 0 Å². The van der Waals surface area contributed by atoms with Gasteiger partial charge in [0.25, 0.3) is 5.91 Å². The van der Waals surface area contributed by atoms with Crippen LogP contribution in [0.4, 0.5) is 5.82 Å². The summed E-state index contributed by atoms with van der Waals surface area (Å²) >= 11 is 0. The molecule has 0 aliphatic heterocycles. The number of carbonyl (C=O) groups is 1. The summed E-state index contributed by atoms with van der Waals surface area (Å²) in [4.78, 5) is 18.5. The lowest BCUT2D eigenvalue weighted by Gasteiger charge is -2.27. The lowest BCUT2D eigenvalue weighted by Crippen LogP contribution is -2.38. The Kier molecular flexibility index (Phi) is 5.13. The van der Waals surface area contributed by atoms with Crippen LogP contribution in [0.15, 0.2) is 12.1 Å². The van der Waals surface area contributed by atoms with E-state index in [-0.39, 0.29) is 11.9 Å². The molecule has 2 N–H and O–H groups in total. The molecule has 1 aromatic heterocycles. The smallest absolute Gasteiger partial charge is 0.254 e. The predicted octanol–water partition coefficient (Wildman–Crippen LogP) is 2.49. The molecule has 1 aromatic rings. The number of hydrogen-bond acceptors (Lipinski definition) is 3. The first-order chi connectivity index (χ1) is 8.53. The number of nitrogens with zero attached hydrogens (tertiary/aromatic N) is 2. The quantitative estimate of drug-likeness (QED) is 0.872. The molecule has 0 radical (unpaired) electrons. The van der Waals surface area contributed by atoms with Crippen LogP contribution in [-0.2, 0) is 6.42 Å². The normalized spacial score (nSPS) is 12.2. The Morgan fingerprint density at radius 3 is 2.56 bits per heavy atom. The van der Waals surface area contributed by atoms with Crippen LogP contribution in [0.25, 0.3) is 0 Å². The molecule has 0 aromatic carbocycles. The molecule has 1 atom stereocenters. The highest BCUT2D eigenvalue weighted by Crippen LogP contribution is 2.14. The minimum Gasteiger partial charge on any atom is -0.384 e. The summed E-state index contributed by atoms with van der Waals surface area (Å²) in [5.41, 5.74) is 7.24. The number of hydrogen-bond donors (Lipinski definition) is 1. The zero-order valence-electron chi connectivity index (χ0n) is 11.7. The highest BCUT2D eigenvalue weighted by molar-refractivity contribution is 5.95. The molecule has 0 aliphatic rings. The second-order valence-electron chi connectivity index (χ2n) is 4.47. The van der Waals surface area contributed by atoms with E-state index in [9.17, 15) is 4.79 Å². The summed E-state index contributed by atoms with van der Waals surface area (Å²) in [6, 6.07) is 3.73. The fourth-order valence-electron chi connectivity index (χ4n) is 1.96. The Morgan fingerprint density at radius 1 is 1.39 bits per heavy atom. The Labute approximate surface area is 109 Å². The van der Waals surface area contributed by atoms with Gasteiger partial charge in [-0.3, -0.25) is 4.79 Å². The number of nitrogens with two attached hydrogens (primary N) is 1. The summed E-state index contributed by atoms with van der Waals surface area (Å²) in [5.74, 6) is 0.452. The molecule has 1 amide bonds. The molecule has 0 spiro atoms. The van der Waals surface area contributed by atoms with Gasteiger partial charge >= 0.3 is 0 Å². The summed E-state index contributed by atoms with van der Waals surface area (Å²) in [6.07, 6.45) is 1.72. The Hall–Kier alpha value is -1.58. The molecule has 1 heterocycles. The van der Waals surface area contributed by atoms with E-state index in [1.807, 2.05) is 24.8 Å². The van der Waals surface area contributed by atoms with E-state index in [0.29, 0.717) is 17.9 Å². The third-order valence-electron chi connectivity index (χ3n) is 3.23. The summed E-state index contributed by atoms with van der Waals surface area (Å²) < 4.78 is 0. The average Bonchev–Trinajstić information content (AvgIpc) is 2.38. The monoisotopic (exact) mass is 249 g/mol. The van der Waals surface area contributed by atoms with E-state index >= 15 is 0 Å². The largest absolute Gasteiger partial charge is 0.384 e. The molecule has 4 heteroatoms. The second kappa shape index (κ2) is 6.38. The Morgan fingerprint density at radius 2 is 2.06 bits per heavy atom. The SMILES string of the molecule is CCc1cc(C(=O)N(CC)C(C)CC)cc(N)n1. The van der Waals surface area contributed by atoms with Crippen molar-refractivity contribution in [3.8, 4) is 0 Å². The number of pyridine rings is 1. The zero-order chi connectivity index (χ0) is 13.7. The van der Waals surface area contributed by atoms with Crippen LogP contribution in [0.2, 0.25) is 0 Å². The van der Waals surface area contributed by atoms with Crippen molar-refractivity contribution in [1.82, 2.24) is 9.88 Å². The van der Waals surface area contributed by atoms with Gasteiger partial charge in [-0.05, 0) is 38.8 Å². The van der Waals surface area contributed by atoms with Crippen molar-refractivity contribution in [2.45, 2.75) is 46.6 Å². The summed E-state index contributed by atoms with van der Waals surface area (Å²) in [6.45, 7) is 8.85. The maximum absolute atomic E-state index is 12.4. The van der Waals surface area contributed by atoms with E-state index < -0.39 is 0 Å². The Bertz CT molecular complexity index is 418. The molecule has 0 saturated carbocycles. The van der Waals surface area contributed by atoms with Crippen LogP contribution < -0.4 is 5.73 Å². The maximum atomic E-state index is 12.4. The van der Waals surface area contributed by atoms with Gasteiger partial charge in [0.1, 0.15) is 5.82 Å². The molecular formula is C14H23N3O. The predicted molar refractivity (Wildman–Crippen MR) is 74.5 cm³/mol. The van der Waals surface area contributed by atoms with Crippen LogP contribution in [0, 0.1) is 0 Å². The number of anilines is 1. The van der Waals surface area contributed by atoms with Gasteiger partial charge in [0.05, 0.1) is 0 Å². The van der Waals surface area contributed by atoms with Gasteiger partial charge < -0.3 is 10.6 Å². The maximum Gasteiger partial charge on any atom is 0.254 e. The number of carbonyl (C=O) groups excluding carboxylic acids is 1. The van der Waals surface area contributed by atoms with Gasteiger partial charge in [-0.1, -0.05) is 13.8 Å². The first kappa shape index (κ1) is 14.5. The fraction of sp³-hybridized carbons (Fsp3) is 0.571. The number of rotatable bonds is 5. The lowest BCUT2D eigenvalue weighted by atomic mass is 10.1. The van der Waals surface area contributed by atoms with Crippen LogP contribution in [-0.4, -0.2) is 28.4 Å². The van der Waals surface area contributed by atoms with E-state index in [0.717, 1.165) is 18.5 Å².